The fourth-order valence-corrected chi connectivity index (χ4v) is 1.68. The maximum atomic E-state index is 5.66. The Morgan fingerprint density at radius 3 is 2.58 bits per heavy atom. The number of hydrogen-bond acceptors (Lipinski definition) is 4. The van der Waals surface area contributed by atoms with Crippen LogP contribution in [0.25, 0.3) is 0 Å². The molecule has 19 heavy (non-hydrogen) atoms. The van der Waals surface area contributed by atoms with Crippen molar-refractivity contribution < 1.29 is 14.2 Å². The van der Waals surface area contributed by atoms with E-state index in [0.29, 0.717) is 25.7 Å². The summed E-state index contributed by atoms with van der Waals surface area (Å²) in [6.45, 7) is 6.76. The second-order valence-electron chi connectivity index (χ2n) is 4.84. The first-order valence-electron chi connectivity index (χ1n) is 6.75. The molecule has 0 aromatic heterocycles. The Bertz CT molecular complexity index is 366. The van der Waals surface area contributed by atoms with Crippen LogP contribution in [0.4, 0.5) is 0 Å². The van der Waals surface area contributed by atoms with Crippen molar-refractivity contribution in [2.45, 2.75) is 20.3 Å². The molecule has 0 radical (unpaired) electrons. The Kier molecular flexibility index (Phi) is 7.30. The lowest BCUT2D eigenvalue weighted by Crippen LogP contribution is -2.10. The quantitative estimate of drug-likeness (QED) is 0.697. The van der Waals surface area contributed by atoms with Gasteiger partial charge < -0.3 is 19.9 Å². The van der Waals surface area contributed by atoms with E-state index in [1.807, 2.05) is 18.2 Å². The van der Waals surface area contributed by atoms with Crippen LogP contribution in [0.3, 0.4) is 0 Å². The Labute approximate surface area is 115 Å². The second-order valence-corrected chi connectivity index (χ2v) is 4.84. The molecule has 108 valence electrons. The molecular formula is C15H25NO3. The Hall–Kier alpha value is -1.26. The number of rotatable bonds is 9. The van der Waals surface area contributed by atoms with Gasteiger partial charge in [-0.25, -0.2) is 0 Å². The average molecular weight is 267 g/mol. The number of benzene rings is 1. The molecule has 0 aliphatic rings. The molecule has 4 nitrogen and oxygen atoms in total. The first kappa shape index (κ1) is 15.8. The van der Waals surface area contributed by atoms with E-state index in [1.54, 1.807) is 7.11 Å². The van der Waals surface area contributed by atoms with Gasteiger partial charge >= 0.3 is 0 Å². The minimum atomic E-state index is 0.527. The Balaban J connectivity index is 2.44. The van der Waals surface area contributed by atoms with Crippen molar-refractivity contribution in [1.29, 1.82) is 0 Å². The van der Waals surface area contributed by atoms with E-state index in [-0.39, 0.29) is 0 Å². The third-order valence-electron chi connectivity index (χ3n) is 2.60. The summed E-state index contributed by atoms with van der Waals surface area (Å²) >= 11 is 0. The minimum absolute atomic E-state index is 0.527. The van der Waals surface area contributed by atoms with Crippen molar-refractivity contribution in [3.63, 3.8) is 0 Å². The van der Waals surface area contributed by atoms with Crippen LogP contribution in [0.2, 0.25) is 0 Å². The predicted octanol–water partition coefficient (Wildman–Crippen LogP) is 2.25. The number of nitrogens with two attached hydrogens (primary N) is 1. The van der Waals surface area contributed by atoms with Gasteiger partial charge in [-0.15, -0.1) is 0 Å². The topological polar surface area (TPSA) is 53.7 Å². The third-order valence-corrected chi connectivity index (χ3v) is 2.60. The van der Waals surface area contributed by atoms with Gasteiger partial charge in [-0.2, -0.15) is 0 Å². The Morgan fingerprint density at radius 1 is 1.16 bits per heavy atom. The molecule has 0 fully saturated rings. The maximum Gasteiger partial charge on any atom is 0.161 e. The van der Waals surface area contributed by atoms with Crippen molar-refractivity contribution in [3.8, 4) is 11.5 Å². The van der Waals surface area contributed by atoms with E-state index in [4.69, 9.17) is 19.9 Å². The second kappa shape index (κ2) is 8.77. The van der Waals surface area contributed by atoms with E-state index in [2.05, 4.69) is 13.8 Å². The van der Waals surface area contributed by atoms with Crippen molar-refractivity contribution in [3.05, 3.63) is 23.8 Å². The molecule has 1 aromatic rings. The highest BCUT2D eigenvalue weighted by molar-refractivity contribution is 5.43. The highest BCUT2D eigenvalue weighted by atomic mass is 16.5. The first-order chi connectivity index (χ1) is 9.17. The molecule has 2 N–H and O–H groups in total. The standard InChI is InChI=1S/C15H25NO3/c1-12(2)11-18-8-9-19-14-5-4-13(6-7-16)10-15(14)17-3/h4-5,10,12H,6-9,11,16H2,1-3H3. The van der Waals surface area contributed by atoms with Crippen LogP contribution in [0, 0.1) is 5.92 Å². The molecule has 0 spiro atoms. The molecule has 1 aromatic carbocycles. The molecule has 0 aliphatic carbocycles. The summed E-state index contributed by atoms with van der Waals surface area (Å²) in [7, 11) is 1.64. The van der Waals surface area contributed by atoms with Gasteiger partial charge in [-0.05, 0) is 36.6 Å². The molecule has 0 saturated carbocycles. The minimum Gasteiger partial charge on any atom is -0.493 e. The zero-order valence-corrected chi connectivity index (χ0v) is 12.1. The predicted molar refractivity (Wildman–Crippen MR) is 76.9 cm³/mol. The van der Waals surface area contributed by atoms with Crippen LogP contribution < -0.4 is 15.2 Å². The lowest BCUT2D eigenvalue weighted by Gasteiger charge is -2.12. The lowest BCUT2D eigenvalue weighted by molar-refractivity contribution is 0.0811. The molecule has 0 bridgehead atoms. The highest BCUT2D eigenvalue weighted by Gasteiger charge is 2.05. The van der Waals surface area contributed by atoms with Crippen LogP contribution in [0.15, 0.2) is 18.2 Å². The van der Waals surface area contributed by atoms with Crippen LogP contribution in [-0.2, 0) is 11.2 Å². The summed E-state index contributed by atoms with van der Waals surface area (Å²) in [6, 6.07) is 5.91. The van der Waals surface area contributed by atoms with E-state index in [0.717, 1.165) is 30.1 Å². The van der Waals surface area contributed by atoms with Gasteiger partial charge in [0.1, 0.15) is 6.61 Å². The van der Waals surface area contributed by atoms with Gasteiger partial charge in [0.05, 0.1) is 13.7 Å². The third kappa shape index (κ3) is 5.94. The summed E-state index contributed by atoms with van der Waals surface area (Å²) in [5.74, 6) is 2.04. The van der Waals surface area contributed by atoms with Gasteiger partial charge in [-0.1, -0.05) is 19.9 Å². The largest absolute Gasteiger partial charge is 0.493 e. The monoisotopic (exact) mass is 267 g/mol. The molecule has 0 atom stereocenters. The first-order valence-corrected chi connectivity index (χ1v) is 6.75. The average Bonchev–Trinajstić information content (AvgIpc) is 2.39. The fourth-order valence-electron chi connectivity index (χ4n) is 1.68. The summed E-state index contributed by atoms with van der Waals surface area (Å²) in [5.41, 5.74) is 6.69. The highest BCUT2D eigenvalue weighted by Crippen LogP contribution is 2.28. The zero-order valence-electron chi connectivity index (χ0n) is 12.1. The van der Waals surface area contributed by atoms with E-state index >= 15 is 0 Å². The molecule has 0 heterocycles. The number of methoxy groups -OCH3 is 1. The fraction of sp³-hybridized carbons (Fsp3) is 0.600. The molecule has 0 unspecified atom stereocenters. The maximum absolute atomic E-state index is 5.66. The molecule has 0 aliphatic heterocycles. The van der Waals surface area contributed by atoms with E-state index in [1.165, 1.54) is 0 Å². The normalized spacial score (nSPS) is 10.8. The van der Waals surface area contributed by atoms with Gasteiger partial charge in [0.2, 0.25) is 0 Å². The van der Waals surface area contributed by atoms with Crippen molar-refractivity contribution in [2.75, 3.05) is 33.5 Å². The van der Waals surface area contributed by atoms with Crippen LogP contribution in [-0.4, -0.2) is 33.5 Å². The van der Waals surface area contributed by atoms with Gasteiger partial charge in [0, 0.05) is 6.61 Å². The number of ether oxygens (including phenoxy) is 3. The number of hydrogen-bond donors (Lipinski definition) is 1. The van der Waals surface area contributed by atoms with Crippen LogP contribution >= 0.6 is 0 Å². The van der Waals surface area contributed by atoms with Gasteiger partial charge in [-0.3, -0.25) is 0 Å². The Morgan fingerprint density at radius 2 is 1.95 bits per heavy atom. The summed E-state index contributed by atoms with van der Waals surface area (Å²) < 4.78 is 16.5. The van der Waals surface area contributed by atoms with Crippen LogP contribution in [0.1, 0.15) is 19.4 Å². The van der Waals surface area contributed by atoms with Crippen molar-refractivity contribution in [1.82, 2.24) is 0 Å². The lowest BCUT2D eigenvalue weighted by atomic mass is 10.1. The van der Waals surface area contributed by atoms with Crippen molar-refractivity contribution >= 4 is 0 Å². The van der Waals surface area contributed by atoms with E-state index in [9.17, 15) is 0 Å². The van der Waals surface area contributed by atoms with Gasteiger partial charge in [0.15, 0.2) is 11.5 Å². The molecule has 0 saturated heterocycles. The molecule has 1 rings (SSSR count). The zero-order chi connectivity index (χ0) is 14.1. The smallest absolute Gasteiger partial charge is 0.161 e. The summed E-state index contributed by atoms with van der Waals surface area (Å²) in [6.07, 6.45) is 0.841. The molecule has 4 heteroatoms. The molecular weight excluding hydrogens is 242 g/mol. The van der Waals surface area contributed by atoms with Gasteiger partial charge in [0.25, 0.3) is 0 Å². The van der Waals surface area contributed by atoms with E-state index < -0.39 is 0 Å². The van der Waals surface area contributed by atoms with Crippen LogP contribution in [0.5, 0.6) is 11.5 Å². The summed E-state index contributed by atoms with van der Waals surface area (Å²) in [5, 5.41) is 0. The molecule has 0 amide bonds. The SMILES string of the molecule is COc1cc(CCN)ccc1OCCOCC(C)C. The summed E-state index contributed by atoms with van der Waals surface area (Å²) in [4.78, 5) is 0. The van der Waals surface area contributed by atoms with Crippen molar-refractivity contribution in [2.24, 2.45) is 11.7 Å².